The maximum absolute atomic E-state index is 13.2. The van der Waals surface area contributed by atoms with Crippen molar-refractivity contribution in [2.24, 2.45) is 5.92 Å². The van der Waals surface area contributed by atoms with Crippen molar-refractivity contribution in [2.75, 3.05) is 13.7 Å². The summed E-state index contributed by atoms with van der Waals surface area (Å²) in [6, 6.07) is 1.32. The van der Waals surface area contributed by atoms with Crippen LogP contribution in [0.15, 0.2) is 12.1 Å². The maximum Gasteiger partial charge on any atom is 0.416 e. The minimum atomic E-state index is -4.57. The first-order valence-electron chi connectivity index (χ1n) is 6.15. The molecule has 21 heavy (non-hydrogen) atoms. The van der Waals surface area contributed by atoms with E-state index in [0.29, 0.717) is 0 Å². The maximum atomic E-state index is 13.2. The molecule has 1 aliphatic heterocycles. The highest BCUT2D eigenvalue weighted by Gasteiger charge is 2.39. The van der Waals surface area contributed by atoms with E-state index < -0.39 is 29.7 Å². The van der Waals surface area contributed by atoms with Crippen molar-refractivity contribution < 1.29 is 27.8 Å². The first kappa shape index (κ1) is 15.9. The topological polar surface area (TPSA) is 58.6 Å². The largest absolute Gasteiger partial charge is 0.495 e. The van der Waals surface area contributed by atoms with Gasteiger partial charge in [0.25, 0.3) is 0 Å². The molecule has 1 aromatic rings. The molecule has 0 bridgehead atoms. The molecule has 1 aromatic carbocycles. The minimum Gasteiger partial charge on any atom is -0.495 e. The van der Waals surface area contributed by atoms with Gasteiger partial charge >= 0.3 is 12.1 Å². The van der Waals surface area contributed by atoms with Gasteiger partial charge in [0.15, 0.2) is 0 Å². The SMILES string of the molecule is COc1cc(C(F)(F)F)c(C2CC(C(=O)O)CN2)cc1Cl. The molecule has 2 atom stereocenters. The molecule has 0 aliphatic carbocycles. The average molecular weight is 324 g/mol. The zero-order valence-corrected chi connectivity index (χ0v) is 11.8. The second-order valence-corrected chi connectivity index (χ2v) is 5.21. The third kappa shape index (κ3) is 3.24. The molecular formula is C13H13ClF3NO3. The highest BCUT2D eigenvalue weighted by atomic mass is 35.5. The number of hydrogen-bond donors (Lipinski definition) is 2. The first-order chi connectivity index (χ1) is 9.74. The number of aliphatic carboxylic acids is 1. The Morgan fingerprint density at radius 2 is 2.14 bits per heavy atom. The molecule has 1 aliphatic rings. The van der Waals surface area contributed by atoms with Crippen LogP contribution in [-0.2, 0) is 11.0 Å². The molecule has 2 unspecified atom stereocenters. The van der Waals surface area contributed by atoms with Gasteiger partial charge in [0.05, 0.1) is 23.6 Å². The van der Waals surface area contributed by atoms with Crippen molar-refractivity contribution in [3.05, 3.63) is 28.3 Å². The van der Waals surface area contributed by atoms with E-state index in [1.165, 1.54) is 13.2 Å². The highest BCUT2D eigenvalue weighted by molar-refractivity contribution is 6.32. The summed E-state index contributed by atoms with van der Waals surface area (Å²) < 4.78 is 44.3. The number of methoxy groups -OCH3 is 1. The Balaban J connectivity index is 2.43. The summed E-state index contributed by atoms with van der Waals surface area (Å²) in [5.41, 5.74) is -0.927. The van der Waals surface area contributed by atoms with Gasteiger partial charge in [-0.15, -0.1) is 0 Å². The van der Waals surface area contributed by atoms with Crippen molar-refractivity contribution in [1.82, 2.24) is 5.32 Å². The molecule has 4 nitrogen and oxygen atoms in total. The number of hydrogen-bond acceptors (Lipinski definition) is 3. The number of halogens is 4. The fourth-order valence-electron chi connectivity index (χ4n) is 2.42. The molecular weight excluding hydrogens is 311 g/mol. The number of nitrogens with one attached hydrogen (secondary N) is 1. The van der Waals surface area contributed by atoms with E-state index >= 15 is 0 Å². The molecule has 8 heteroatoms. The molecule has 1 fully saturated rings. The summed E-state index contributed by atoms with van der Waals surface area (Å²) in [5, 5.41) is 11.8. The van der Waals surface area contributed by atoms with Gasteiger partial charge < -0.3 is 15.2 Å². The van der Waals surface area contributed by atoms with Crippen LogP contribution in [0, 0.1) is 5.92 Å². The minimum absolute atomic E-state index is 0.0566. The van der Waals surface area contributed by atoms with Gasteiger partial charge in [-0.2, -0.15) is 13.2 Å². The number of alkyl halides is 3. The quantitative estimate of drug-likeness (QED) is 0.897. The molecule has 1 saturated heterocycles. The second-order valence-electron chi connectivity index (χ2n) is 4.80. The first-order valence-corrected chi connectivity index (χ1v) is 6.52. The summed E-state index contributed by atoms with van der Waals surface area (Å²) in [6.45, 7) is 0.126. The molecule has 0 spiro atoms. The Morgan fingerprint density at radius 1 is 1.48 bits per heavy atom. The van der Waals surface area contributed by atoms with Gasteiger partial charge in [0, 0.05) is 12.6 Å². The van der Waals surface area contributed by atoms with Crippen LogP contribution in [0.4, 0.5) is 13.2 Å². The van der Waals surface area contributed by atoms with Crippen LogP contribution in [0.5, 0.6) is 5.75 Å². The van der Waals surface area contributed by atoms with Crippen molar-refractivity contribution >= 4 is 17.6 Å². The molecule has 0 saturated carbocycles. The molecule has 2 N–H and O–H groups in total. The standard InChI is InChI=1S/C13H13ClF3NO3/c1-21-11-4-8(13(15,16)17)7(3-9(11)14)10-2-6(5-18-10)12(19)20/h3-4,6,10,18H,2,5H2,1H3,(H,19,20). The van der Waals surface area contributed by atoms with Crippen molar-refractivity contribution in [3.8, 4) is 5.75 Å². The van der Waals surface area contributed by atoms with Crippen LogP contribution < -0.4 is 10.1 Å². The van der Waals surface area contributed by atoms with Gasteiger partial charge in [-0.3, -0.25) is 4.79 Å². The zero-order valence-electron chi connectivity index (χ0n) is 11.0. The van der Waals surface area contributed by atoms with E-state index in [0.717, 1.165) is 6.07 Å². The van der Waals surface area contributed by atoms with Crippen LogP contribution in [0.1, 0.15) is 23.6 Å². The molecule has 1 heterocycles. The Morgan fingerprint density at radius 3 is 2.62 bits per heavy atom. The lowest BCUT2D eigenvalue weighted by atomic mass is 9.95. The molecule has 2 rings (SSSR count). The van der Waals surface area contributed by atoms with Crippen molar-refractivity contribution in [3.63, 3.8) is 0 Å². The number of carboxylic acids is 1. The summed E-state index contributed by atoms with van der Waals surface area (Å²) in [4.78, 5) is 10.9. The Bertz CT molecular complexity index is 562. The fraction of sp³-hybridized carbons (Fsp3) is 0.462. The van der Waals surface area contributed by atoms with Gasteiger partial charge in [-0.05, 0) is 24.1 Å². The number of carbonyl (C=O) groups is 1. The summed E-state index contributed by atoms with van der Waals surface area (Å²) in [7, 11) is 1.23. The summed E-state index contributed by atoms with van der Waals surface area (Å²) in [6.07, 6.45) is -4.49. The van der Waals surface area contributed by atoms with E-state index in [2.05, 4.69) is 5.32 Å². The van der Waals surface area contributed by atoms with E-state index in [-0.39, 0.29) is 29.3 Å². The van der Waals surface area contributed by atoms with E-state index in [1.54, 1.807) is 0 Å². The van der Waals surface area contributed by atoms with Crippen molar-refractivity contribution in [1.29, 1.82) is 0 Å². The third-order valence-corrected chi connectivity index (χ3v) is 3.78. The van der Waals surface area contributed by atoms with Gasteiger partial charge in [-0.25, -0.2) is 0 Å². The third-order valence-electron chi connectivity index (χ3n) is 3.48. The lowest BCUT2D eigenvalue weighted by Crippen LogP contribution is -2.19. The molecule has 0 radical (unpaired) electrons. The number of benzene rings is 1. The number of ether oxygens (including phenoxy) is 1. The van der Waals surface area contributed by atoms with Crippen LogP contribution in [0.3, 0.4) is 0 Å². The highest BCUT2D eigenvalue weighted by Crippen LogP contribution is 2.42. The predicted molar refractivity (Wildman–Crippen MR) is 69.5 cm³/mol. The van der Waals surface area contributed by atoms with Crippen LogP contribution in [-0.4, -0.2) is 24.7 Å². The van der Waals surface area contributed by atoms with Crippen LogP contribution in [0.2, 0.25) is 5.02 Å². The lowest BCUT2D eigenvalue weighted by molar-refractivity contribution is -0.141. The van der Waals surface area contributed by atoms with E-state index in [9.17, 15) is 18.0 Å². The monoisotopic (exact) mass is 323 g/mol. The fourth-order valence-corrected chi connectivity index (χ4v) is 2.67. The lowest BCUT2D eigenvalue weighted by Gasteiger charge is -2.19. The number of rotatable bonds is 3. The Hall–Kier alpha value is -1.47. The van der Waals surface area contributed by atoms with Crippen LogP contribution >= 0.6 is 11.6 Å². The van der Waals surface area contributed by atoms with Gasteiger partial charge in [0.1, 0.15) is 5.75 Å². The second kappa shape index (κ2) is 5.73. The zero-order chi connectivity index (χ0) is 15.8. The molecule has 116 valence electrons. The summed E-state index contributed by atoms with van der Waals surface area (Å²) >= 11 is 5.89. The smallest absolute Gasteiger partial charge is 0.416 e. The van der Waals surface area contributed by atoms with Gasteiger partial charge in [0.2, 0.25) is 0 Å². The normalized spacial score (nSPS) is 22.3. The van der Waals surface area contributed by atoms with E-state index in [1.807, 2.05) is 0 Å². The predicted octanol–water partition coefficient (Wildman–Crippen LogP) is 3.10. The average Bonchev–Trinajstić information content (AvgIpc) is 2.86. The Kier molecular flexibility index (Phi) is 4.34. The Labute approximate surface area is 123 Å². The van der Waals surface area contributed by atoms with Crippen molar-refractivity contribution in [2.45, 2.75) is 18.6 Å². The summed E-state index contributed by atoms with van der Waals surface area (Å²) in [5.74, 6) is -1.81. The van der Waals surface area contributed by atoms with E-state index in [4.69, 9.17) is 21.4 Å². The van der Waals surface area contributed by atoms with Gasteiger partial charge in [-0.1, -0.05) is 11.6 Å². The molecule has 0 amide bonds. The molecule has 0 aromatic heterocycles. The van der Waals surface area contributed by atoms with Crippen LogP contribution in [0.25, 0.3) is 0 Å². The number of carboxylic acid groups (broad SMARTS) is 1.